The summed E-state index contributed by atoms with van der Waals surface area (Å²) in [6, 6.07) is 10.5. The van der Waals surface area contributed by atoms with Crippen LogP contribution in [0.2, 0.25) is 0 Å². The molecule has 0 aromatic heterocycles. The Labute approximate surface area is 218 Å². The van der Waals surface area contributed by atoms with Gasteiger partial charge in [0, 0.05) is 36.8 Å². The molecule has 2 aromatic rings. The van der Waals surface area contributed by atoms with Gasteiger partial charge in [-0.05, 0) is 49.9 Å². The third-order valence-corrected chi connectivity index (χ3v) is 7.21. The van der Waals surface area contributed by atoms with E-state index in [4.69, 9.17) is 14.2 Å². The Balaban J connectivity index is 1.59. The van der Waals surface area contributed by atoms with Gasteiger partial charge >= 0.3 is 0 Å². The number of ether oxygens (including phenoxy) is 3. The van der Waals surface area contributed by atoms with Gasteiger partial charge in [-0.3, -0.25) is 14.4 Å². The molecule has 0 spiro atoms. The van der Waals surface area contributed by atoms with E-state index in [9.17, 15) is 18.3 Å². The Kier molecular flexibility index (Phi) is 8.15. The number of nitrogens with zero attached hydrogens (tertiary/aromatic N) is 2. The van der Waals surface area contributed by atoms with Crippen molar-refractivity contribution >= 4 is 21.6 Å². The summed E-state index contributed by atoms with van der Waals surface area (Å²) in [5.74, 6) is 1.82. The number of amides is 1. The molecule has 2 aliphatic rings. The van der Waals surface area contributed by atoms with Gasteiger partial charge in [-0.15, -0.1) is 0 Å². The van der Waals surface area contributed by atoms with Gasteiger partial charge in [-0.25, -0.2) is 8.42 Å². The van der Waals surface area contributed by atoms with Gasteiger partial charge in [-0.1, -0.05) is 13.0 Å². The van der Waals surface area contributed by atoms with Crippen LogP contribution in [0.3, 0.4) is 0 Å². The highest BCUT2D eigenvalue weighted by atomic mass is 32.2. The van der Waals surface area contributed by atoms with Crippen LogP contribution >= 0.6 is 0 Å². The van der Waals surface area contributed by atoms with Crippen LogP contribution in [0.5, 0.6) is 17.2 Å². The van der Waals surface area contributed by atoms with Gasteiger partial charge in [0.05, 0.1) is 25.3 Å². The highest BCUT2D eigenvalue weighted by Crippen LogP contribution is 2.33. The highest BCUT2D eigenvalue weighted by Gasteiger charge is 2.31. The third kappa shape index (κ3) is 6.85. The maximum atomic E-state index is 13.3. The average molecular weight is 534 g/mol. The number of hydrogen-bond donors (Lipinski definition) is 2. The molecule has 0 fully saturated rings. The lowest BCUT2D eigenvalue weighted by Gasteiger charge is -2.34. The second-order valence-electron chi connectivity index (χ2n) is 9.97. The number of hydrogen-bond acceptors (Lipinski definition) is 8. The third-order valence-electron chi connectivity index (χ3n) is 6.60. The number of rotatable bonds is 8. The number of fused-ring (bicyclic) bond motifs is 2. The minimum atomic E-state index is -3.48. The SMILES string of the molecule is C[C@@H]1CN([C@@H](C)CO)C(=O)Cc2cc(NS(C)(=O)=O)ccc2O[C@H]1CN(C)Cc1ccc2c(c1)OCO2. The van der Waals surface area contributed by atoms with Gasteiger partial charge < -0.3 is 24.2 Å². The van der Waals surface area contributed by atoms with Crippen LogP contribution in [0.15, 0.2) is 36.4 Å². The van der Waals surface area contributed by atoms with Crippen molar-refractivity contribution < 1.29 is 32.5 Å². The van der Waals surface area contributed by atoms with E-state index >= 15 is 0 Å². The first kappa shape index (κ1) is 27.0. The predicted octanol–water partition coefficient (Wildman–Crippen LogP) is 2.07. The molecule has 1 amide bonds. The Hall–Kier alpha value is -3.02. The molecule has 37 heavy (non-hydrogen) atoms. The zero-order valence-corrected chi connectivity index (χ0v) is 22.5. The molecule has 2 heterocycles. The van der Waals surface area contributed by atoms with E-state index in [0.29, 0.717) is 36.6 Å². The van der Waals surface area contributed by atoms with Gasteiger partial charge in [0.1, 0.15) is 11.9 Å². The topological polar surface area (TPSA) is 118 Å². The van der Waals surface area contributed by atoms with E-state index in [-0.39, 0.29) is 43.8 Å². The minimum Gasteiger partial charge on any atom is -0.488 e. The van der Waals surface area contributed by atoms with Crippen molar-refractivity contribution in [3.8, 4) is 17.2 Å². The maximum Gasteiger partial charge on any atom is 0.231 e. The smallest absolute Gasteiger partial charge is 0.231 e. The zero-order valence-electron chi connectivity index (χ0n) is 21.6. The molecule has 11 heteroatoms. The van der Waals surface area contributed by atoms with Crippen LogP contribution in [0.4, 0.5) is 5.69 Å². The lowest BCUT2D eigenvalue weighted by Crippen LogP contribution is -2.47. The van der Waals surface area contributed by atoms with E-state index in [2.05, 4.69) is 9.62 Å². The first-order valence-corrected chi connectivity index (χ1v) is 14.2. The van der Waals surface area contributed by atoms with E-state index in [0.717, 1.165) is 23.3 Å². The van der Waals surface area contributed by atoms with Gasteiger partial charge in [0.15, 0.2) is 11.5 Å². The molecule has 0 unspecified atom stereocenters. The highest BCUT2D eigenvalue weighted by molar-refractivity contribution is 7.92. The van der Waals surface area contributed by atoms with Crippen molar-refractivity contribution in [2.24, 2.45) is 5.92 Å². The molecule has 0 saturated heterocycles. The number of sulfonamides is 1. The molecule has 0 bridgehead atoms. The van der Waals surface area contributed by atoms with Crippen LogP contribution in [0, 0.1) is 5.92 Å². The van der Waals surface area contributed by atoms with Crippen molar-refractivity contribution in [1.29, 1.82) is 0 Å². The number of nitrogens with one attached hydrogen (secondary N) is 1. The number of aliphatic hydroxyl groups is 1. The largest absolute Gasteiger partial charge is 0.488 e. The molecule has 2 aliphatic heterocycles. The van der Waals surface area contributed by atoms with Crippen LogP contribution < -0.4 is 18.9 Å². The maximum absolute atomic E-state index is 13.3. The van der Waals surface area contributed by atoms with E-state index < -0.39 is 10.0 Å². The van der Waals surface area contributed by atoms with Crippen molar-refractivity contribution in [3.05, 3.63) is 47.5 Å². The molecule has 2 aromatic carbocycles. The summed E-state index contributed by atoms with van der Waals surface area (Å²) >= 11 is 0. The molecule has 3 atom stereocenters. The Morgan fingerprint density at radius 1 is 1.16 bits per heavy atom. The van der Waals surface area contributed by atoms with E-state index in [1.807, 2.05) is 39.1 Å². The number of aliphatic hydroxyl groups excluding tert-OH is 1. The predicted molar refractivity (Wildman–Crippen MR) is 139 cm³/mol. The Morgan fingerprint density at radius 3 is 2.62 bits per heavy atom. The molecule has 0 radical (unpaired) electrons. The van der Waals surface area contributed by atoms with Gasteiger partial charge in [0.25, 0.3) is 0 Å². The minimum absolute atomic E-state index is 0.0332. The van der Waals surface area contributed by atoms with Crippen LogP contribution in [-0.2, 0) is 27.8 Å². The molecular weight excluding hydrogens is 498 g/mol. The lowest BCUT2D eigenvalue weighted by molar-refractivity contribution is -0.134. The van der Waals surface area contributed by atoms with Crippen molar-refractivity contribution in [2.45, 2.75) is 39.0 Å². The first-order valence-electron chi connectivity index (χ1n) is 12.3. The summed E-state index contributed by atoms with van der Waals surface area (Å²) in [7, 11) is -1.47. The van der Waals surface area contributed by atoms with Crippen molar-refractivity contribution in [2.75, 3.05) is 44.5 Å². The summed E-state index contributed by atoms with van der Waals surface area (Å²) in [4.78, 5) is 17.1. The summed E-state index contributed by atoms with van der Waals surface area (Å²) < 4.78 is 43.4. The van der Waals surface area contributed by atoms with Gasteiger partial charge in [-0.2, -0.15) is 0 Å². The Bertz CT molecular complexity index is 1240. The molecule has 4 rings (SSSR count). The fourth-order valence-electron chi connectivity index (χ4n) is 4.65. The molecular formula is C26H35N3O7S. The summed E-state index contributed by atoms with van der Waals surface area (Å²) in [6.45, 7) is 5.57. The van der Waals surface area contributed by atoms with E-state index in [1.54, 1.807) is 23.1 Å². The van der Waals surface area contributed by atoms with Crippen molar-refractivity contribution in [3.63, 3.8) is 0 Å². The number of carbonyl (C=O) groups is 1. The van der Waals surface area contributed by atoms with Crippen LogP contribution in [0.25, 0.3) is 0 Å². The summed E-state index contributed by atoms with van der Waals surface area (Å²) in [6.07, 6.45) is 0.839. The number of carbonyl (C=O) groups excluding carboxylic acids is 1. The number of benzene rings is 2. The standard InChI is InChI=1S/C26H35N3O7S/c1-17-12-29(18(2)15-30)26(31)11-20-10-21(27-37(4,32)33)6-8-22(20)36-25(17)14-28(3)13-19-5-7-23-24(9-19)35-16-34-23/h5-10,17-18,25,27,30H,11-16H2,1-4H3/t17-,18+,25+/m1/s1. The average Bonchev–Trinajstić information content (AvgIpc) is 3.30. The van der Waals surface area contributed by atoms with Crippen LogP contribution in [0.1, 0.15) is 25.0 Å². The normalized spacial score (nSPS) is 20.5. The second kappa shape index (κ2) is 11.2. The molecule has 202 valence electrons. The fourth-order valence-corrected chi connectivity index (χ4v) is 5.20. The molecule has 0 saturated carbocycles. The quantitative estimate of drug-likeness (QED) is 0.530. The Morgan fingerprint density at radius 2 is 1.89 bits per heavy atom. The van der Waals surface area contributed by atoms with Gasteiger partial charge in [0.2, 0.25) is 22.7 Å². The van der Waals surface area contributed by atoms with Crippen LogP contribution in [-0.4, -0.2) is 81.2 Å². The lowest BCUT2D eigenvalue weighted by atomic mass is 10.0. The van der Waals surface area contributed by atoms with E-state index in [1.165, 1.54) is 0 Å². The molecule has 0 aliphatic carbocycles. The first-order chi connectivity index (χ1) is 17.5. The fraction of sp³-hybridized carbons (Fsp3) is 0.500. The number of likely N-dealkylation sites (N-methyl/N-ethyl adjacent to an activating group) is 1. The monoisotopic (exact) mass is 533 g/mol. The summed E-state index contributed by atoms with van der Waals surface area (Å²) in [5, 5.41) is 9.80. The molecule has 2 N–H and O–H groups in total. The molecule has 10 nitrogen and oxygen atoms in total. The second-order valence-corrected chi connectivity index (χ2v) is 11.7. The van der Waals surface area contributed by atoms with Crippen molar-refractivity contribution in [1.82, 2.24) is 9.80 Å². The zero-order chi connectivity index (χ0) is 26.7. The summed E-state index contributed by atoms with van der Waals surface area (Å²) in [5.41, 5.74) is 2.03. The number of anilines is 1.